The Bertz CT molecular complexity index is 464. The van der Waals surface area contributed by atoms with Crippen LogP contribution in [0.2, 0.25) is 0 Å². The fourth-order valence-corrected chi connectivity index (χ4v) is 3.00. The molecule has 0 aromatic carbocycles. The highest BCUT2D eigenvalue weighted by molar-refractivity contribution is 5.18. The first kappa shape index (κ1) is 11.6. The lowest BCUT2D eigenvalue weighted by molar-refractivity contribution is 0.319. The van der Waals surface area contributed by atoms with E-state index >= 15 is 0 Å². The van der Waals surface area contributed by atoms with Crippen LogP contribution in [-0.2, 0) is 0 Å². The van der Waals surface area contributed by atoms with Gasteiger partial charge in [0.1, 0.15) is 11.5 Å². The molecular formula is C16H20O2. The lowest BCUT2D eigenvalue weighted by Gasteiger charge is -2.25. The Morgan fingerprint density at radius 1 is 0.778 bits per heavy atom. The minimum absolute atomic E-state index is 0.603. The maximum Gasteiger partial charge on any atom is 0.107 e. The first-order valence-corrected chi connectivity index (χ1v) is 6.82. The molecule has 0 radical (unpaired) electrons. The molecule has 0 unspecified atom stereocenters. The predicted octanol–water partition coefficient (Wildman–Crippen LogP) is 4.93. The van der Waals surface area contributed by atoms with E-state index in [9.17, 15) is 0 Å². The molecule has 96 valence electrons. The van der Waals surface area contributed by atoms with Crippen LogP contribution in [0.25, 0.3) is 0 Å². The Morgan fingerprint density at radius 3 is 1.44 bits per heavy atom. The normalized spacial score (nSPS) is 24.3. The number of furan rings is 2. The molecule has 2 heteroatoms. The van der Waals surface area contributed by atoms with Gasteiger partial charge in [0.05, 0.1) is 12.5 Å². The zero-order valence-corrected chi connectivity index (χ0v) is 11.1. The van der Waals surface area contributed by atoms with Gasteiger partial charge in [0.25, 0.3) is 0 Å². The Kier molecular flexibility index (Phi) is 3.02. The van der Waals surface area contributed by atoms with Crippen LogP contribution in [-0.4, -0.2) is 0 Å². The molecule has 2 aromatic rings. The summed E-state index contributed by atoms with van der Waals surface area (Å²) in [5.74, 6) is 3.54. The fraction of sp³-hybridized carbons (Fsp3) is 0.500. The topological polar surface area (TPSA) is 26.3 Å². The van der Waals surface area contributed by atoms with Gasteiger partial charge in [-0.15, -0.1) is 0 Å². The number of rotatable bonds is 2. The van der Waals surface area contributed by atoms with Gasteiger partial charge in [0.15, 0.2) is 0 Å². The summed E-state index contributed by atoms with van der Waals surface area (Å²) in [5, 5.41) is 0. The van der Waals surface area contributed by atoms with Crippen molar-refractivity contribution < 1.29 is 8.83 Å². The molecule has 1 aliphatic carbocycles. The number of aryl methyl sites for hydroxylation is 2. The molecular weight excluding hydrogens is 224 g/mol. The van der Waals surface area contributed by atoms with Crippen molar-refractivity contribution in [1.82, 2.24) is 0 Å². The Balaban J connectivity index is 1.64. The molecule has 3 rings (SSSR count). The molecule has 2 nitrogen and oxygen atoms in total. The zero-order chi connectivity index (χ0) is 12.5. The molecule has 1 aliphatic rings. The molecule has 1 fully saturated rings. The van der Waals surface area contributed by atoms with Gasteiger partial charge in [0.2, 0.25) is 0 Å². The van der Waals surface area contributed by atoms with E-state index in [-0.39, 0.29) is 0 Å². The minimum atomic E-state index is 0.603. The van der Waals surface area contributed by atoms with Crippen LogP contribution in [0.4, 0.5) is 0 Å². The maximum absolute atomic E-state index is 5.63. The van der Waals surface area contributed by atoms with Gasteiger partial charge in [-0.1, -0.05) is 0 Å². The second-order valence-electron chi connectivity index (χ2n) is 5.60. The van der Waals surface area contributed by atoms with Crippen molar-refractivity contribution in [3.63, 3.8) is 0 Å². The largest absolute Gasteiger partial charge is 0.469 e. The molecule has 0 bridgehead atoms. The van der Waals surface area contributed by atoms with E-state index in [2.05, 4.69) is 26.0 Å². The standard InChI is InChI=1S/C16H20O2/c1-11-7-15(17-9-11)13-3-5-14(6-4-13)16-8-12(2)10-18-16/h7-10,13-14H,3-6H2,1-2H3. The SMILES string of the molecule is Cc1coc(C2CCC(c3cc(C)co3)CC2)c1. The highest BCUT2D eigenvalue weighted by Gasteiger charge is 2.26. The van der Waals surface area contributed by atoms with Gasteiger partial charge < -0.3 is 8.83 Å². The van der Waals surface area contributed by atoms with E-state index in [4.69, 9.17) is 8.83 Å². The van der Waals surface area contributed by atoms with E-state index in [1.54, 1.807) is 0 Å². The summed E-state index contributed by atoms with van der Waals surface area (Å²) >= 11 is 0. The highest BCUT2D eigenvalue weighted by atomic mass is 16.3. The summed E-state index contributed by atoms with van der Waals surface area (Å²) in [4.78, 5) is 0. The quantitative estimate of drug-likeness (QED) is 0.748. The summed E-state index contributed by atoms with van der Waals surface area (Å²) in [5.41, 5.74) is 2.46. The molecule has 2 heterocycles. The molecule has 2 aromatic heterocycles. The van der Waals surface area contributed by atoms with E-state index in [1.807, 2.05) is 12.5 Å². The van der Waals surface area contributed by atoms with Crippen molar-refractivity contribution in [2.24, 2.45) is 0 Å². The Labute approximate surface area is 108 Å². The highest BCUT2D eigenvalue weighted by Crippen LogP contribution is 2.41. The summed E-state index contributed by atoms with van der Waals surface area (Å²) in [6, 6.07) is 4.37. The fourth-order valence-electron chi connectivity index (χ4n) is 3.00. The first-order chi connectivity index (χ1) is 8.72. The number of hydrogen-bond acceptors (Lipinski definition) is 2. The minimum Gasteiger partial charge on any atom is -0.469 e. The Hall–Kier alpha value is -1.44. The second kappa shape index (κ2) is 4.68. The van der Waals surface area contributed by atoms with Crippen LogP contribution < -0.4 is 0 Å². The van der Waals surface area contributed by atoms with Crippen molar-refractivity contribution in [2.45, 2.75) is 51.4 Å². The monoisotopic (exact) mass is 244 g/mol. The third-order valence-electron chi connectivity index (χ3n) is 4.03. The molecule has 0 amide bonds. The lowest BCUT2D eigenvalue weighted by Crippen LogP contribution is -2.11. The van der Waals surface area contributed by atoms with E-state index in [0.717, 1.165) is 0 Å². The van der Waals surface area contributed by atoms with Gasteiger partial charge in [-0.3, -0.25) is 0 Å². The maximum atomic E-state index is 5.63. The summed E-state index contributed by atoms with van der Waals surface area (Å²) in [7, 11) is 0. The van der Waals surface area contributed by atoms with Gasteiger partial charge >= 0.3 is 0 Å². The van der Waals surface area contributed by atoms with Crippen LogP contribution in [0, 0.1) is 13.8 Å². The lowest BCUT2D eigenvalue weighted by atomic mass is 9.80. The van der Waals surface area contributed by atoms with Gasteiger partial charge in [-0.05, 0) is 62.8 Å². The van der Waals surface area contributed by atoms with Crippen LogP contribution >= 0.6 is 0 Å². The van der Waals surface area contributed by atoms with Gasteiger partial charge in [-0.2, -0.15) is 0 Å². The molecule has 0 N–H and O–H groups in total. The number of hydrogen-bond donors (Lipinski definition) is 0. The van der Waals surface area contributed by atoms with Crippen molar-refractivity contribution in [3.8, 4) is 0 Å². The van der Waals surface area contributed by atoms with Gasteiger partial charge in [0, 0.05) is 11.8 Å². The van der Waals surface area contributed by atoms with Crippen LogP contribution in [0.1, 0.15) is 60.2 Å². The van der Waals surface area contributed by atoms with Gasteiger partial charge in [-0.25, -0.2) is 0 Å². The van der Waals surface area contributed by atoms with Crippen molar-refractivity contribution >= 4 is 0 Å². The van der Waals surface area contributed by atoms with Crippen LogP contribution in [0.15, 0.2) is 33.5 Å². The van der Waals surface area contributed by atoms with Crippen molar-refractivity contribution in [2.75, 3.05) is 0 Å². The average molecular weight is 244 g/mol. The predicted molar refractivity (Wildman–Crippen MR) is 70.8 cm³/mol. The van der Waals surface area contributed by atoms with E-state index < -0.39 is 0 Å². The molecule has 0 spiro atoms. The Morgan fingerprint density at radius 2 is 1.17 bits per heavy atom. The van der Waals surface area contributed by atoms with E-state index in [1.165, 1.54) is 48.3 Å². The van der Waals surface area contributed by atoms with Crippen molar-refractivity contribution in [3.05, 3.63) is 47.3 Å². The molecule has 1 saturated carbocycles. The summed E-state index contributed by atoms with van der Waals surface area (Å²) in [6.45, 7) is 4.18. The third kappa shape index (κ3) is 2.24. The van der Waals surface area contributed by atoms with Crippen LogP contribution in [0.5, 0.6) is 0 Å². The molecule has 0 saturated heterocycles. The average Bonchev–Trinajstić information content (AvgIpc) is 2.98. The van der Waals surface area contributed by atoms with Crippen LogP contribution in [0.3, 0.4) is 0 Å². The molecule has 18 heavy (non-hydrogen) atoms. The smallest absolute Gasteiger partial charge is 0.107 e. The summed E-state index contributed by atoms with van der Waals surface area (Å²) < 4.78 is 11.3. The second-order valence-corrected chi connectivity index (χ2v) is 5.60. The molecule has 0 aliphatic heterocycles. The van der Waals surface area contributed by atoms with Crippen molar-refractivity contribution in [1.29, 1.82) is 0 Å². The first-order valence-electron chi connectivity index (χ1n) is 6.82. The molecule has 0 atom stereocenters. The third-order valence-corrected chi connectivity index (χ3v) is 4.03. The van der Waals surface area contributed by atoms with E-state index in [0.29, 0.717) is 11.8 Å². The summed E-state index contributed by atoms with van der Waals surface area (Å²) in [6.07, 6.45) is 8.54. The zero-order valence-electron chi connectivity index (χ0n) is 11.1.